The van der Waals surface area contributed by atoms with Crippen LogP contribution in [0, 0.1) is 0 Å². The second-order valence-corrected chi connectivity index (χ2v) is 5.21. The highest BCUT2D eigenvalue weighted by Gasteiger charge is 2.29. The van der Waals surface area contributed by atoms with E-state index in [0.29, 0.717) is 5.25 Å². The maximum atomic E-state index is 5.70. The van der Waals surface area contributed by atoms with Gasteiger partial charge in [-0.05, 0) is 6.92 Å². The van der Waals surface area contributed by atoms with Crippen molar-refractivity contribution in [1.82, 2.24) is 0 Å². The third kappa shape index (κ3) is 2.27. The lowest BCUT2D eigenvalue weighted by atomic mass is 10.2. The smallest absolute Gasteiger partial charge is 0.0834 e. The molecule has 0 aromatic carbocycles. The summed E-state index contributed by atoms with van der Waals surface area (Å²) in [7, 11) is 0. The summed E-state index contributed by atoms with van der Waals surface area (Å²) in [6, 6.07) is 0. The molecule has 60 valence electrons. The predicted molar refractivity (Wildman–Crippen MR) is 55.2 cm³/mol. The van der Waals surface area contributed by atoms with Gasteiger partial charge in [0, 0.05) is 15.4 Å². The second kappa shape index (κ2) is 3.63. The van der Waals surface area contributed by atoms with E-state index in [1.807, 2.05) is 11.8 Å². The van der Waals surface area contributed by atoms with Gasteiger partial charge in [-0.2, -0.15) is 11.8 Å². The van der Waals surface area contributed by atoms with Crippen LogP contribution in [0.4, 0.5) is 0 Å². The normalized spacial score (nSPS) is 41.7. The average molecular weight is 272 g/mol. The molecule has 0 saturated carbocycles. The van der Waals surface area contributed by atoms with E-state index in [1.54, 1.807) is 0 Å². The lowest BCUT2D eigenvalue weighted by Crippen LogP contribution is -2.40. The molecular formula is C7H13IOS. The zero-order valence-corrected chi connectivity index (χ0v) is 9.37. The molecule has 3 heteroatoms. The van der Waals surface area contributed by atoms with Crippen molar-refractivity contribution in [2.75, 3.05) is 16.8 Å². The van der Waals surface area contributed by atoms with E-state index in [4.69, 9.17) is 4.74 Å². The molecule has 0 spiro atoms. The van der Waals surface area contributed by atoms with Crippen LogP contribution in [-0.2, 0) is 4.74 Å². The van der Waals surface area contributed by atoms with Crippen LogP contribution in [0.15, 0.2) is 0 Å². The molecule has 1 fully saturated rings. The van der Waals surface area contributed by atoms with Crippen LogP contribution in [0.2, 0.25) is 0 Å². The van der Waals surface area contributed by atoms with E-state index in [1.165, 1.54) is 0 Å². The number of rotatable bonds is 1. The molecule has 1 heterocycles. The van der Waals surface area contributed by atoms with Gasteiger partial charge < -0.3 is 4.74 Å². The number of halogens is 1. The maximum absolute atomic E-state index is 5.70. The molecule has 1 rings (SSSR count). The fourth-order valence-electron chi connectivity index (χ4n) is 0.804. The molecule has 0 aromatic heterocycles. The molecule has 1 saturated heterocycles. The summed E-state index contributed by atoms with van der Waals surface area (Å²) in [5.41, 5.74) is 0.151. The molecule has 1 aliphatic rings. The number of hydrogen-bond acceptors (Lipinski definition) is 2. The summed E-state index contributed by atoms with van der Waals surface area (Å²) < 4.78 is 6.80. The minimum Gasteiger partial charge on any atom is -0.372 e. The third-order valence-electron chi connectivity index (χ3n) is 1.62. The molecule has 10 heavy (non-hydrogen) atoms. The minimum atomic E-state index is 0.151. The number of ether oxygens (including phenoxy) is 1. The molecule has 0 amide bonds. The van der Waals surface area contributed by atoms with Crippen LogP contribution in [0.1, 0.15) is 13.8 Å². The molecular weight excluding hydrogens is 259 g/mol. The van der Waals surface area contributed by atoms with E-state index < -0.39 is 0 Å². The summed E-state index contributed by atoms with van der Waals surface area (Å²) in [6.45, 7) is 5.33. The molecule has 0 radical (unpaired) electrons. The van der Waals surface area contributed by atoms with Crippen molar-refractivity contribution < 1.29 is 4.74 Å². The quantitative estimate of drug-likeness (QED) is 0.535. The van der Waals surface area contributed by atoms with Crippen LogP contribution in [0.5, 0.6) is 0 Å². The lowest BCUT2D eigenvalue weighted by Gasteiger charge is -2.34. The molecule has 1 aliphatic heterocycles. The van der Waals surface area contributed by atoms with E-state index >= 15 is 0 Å². The maximum Gasteiger partial charge on any atom is 0.0834 e. The van der Waals surface area contributed by atoms with Crippen LogP contribution < -0.4 is 0 Å². The highest BCUT2D eigenvalue weighted by atomic mass is 127. The van der Waals surface area contributed by atoms with Crippen LogP contribution >= 0.6 is 34.4 Å². The van der Waals surface area contributed by atoms with E-state index in [-0.39, 0.29) is 5.60 Å². The molecule has 1 unspecified atom stereocenters. The summed E-state index contributed by atoms with van der Waals surface area (Å²) in [6.07, 6.45) is 0. The second-order valence-electron chi connectivity index (χ2n) is 3.02. The monoisotopic (exact) mass is 272 g/mol. The molecule has 0 aromatic rings. The fourth-order valence-corrected chi connectivity index (χ4v) is 2.65. The first-order valence-electron chi connectivity index (χ1n) is 3.48. The Bertz CT molecular complexity index is 110. The van der Waals surface area contributed by atoms with Crippen LogP contribution in [0.25, 0.3) is 0 Å². The summed E-state index contributed by atoms with van der Waals surface area (Å²) >= 11 is 4.41. The molecule has 1 nitrogen and oxygen atoms in total. The molecule has 2 atom stereocenters. The molecule has 0 N–H and O–H groups in total. The van der Waals surface area contributed by atoms with Crippen molar-refractivity contribution in [3.63, 3.8) is 0 Å². The van der Waals surface area contributed by atoms with Crippen molar-refractivity contribution >= 4 is 34.4 Å². The van der Waals surface area contributed by atoms with E-state index in [0.717, 1.165) is 16.8 Å². The topological polar surface area (TPSA) is 9.23 Å². The SMILES string of the molecule is C[C@@H]1COC(C)(CI)CS1. The Balaban J connectivity index is 2.38. The Morgan fingerprint density at radius 3 is 2.90 bits per heavy atom. The van der Waals surface area contributed by atoms with Crippen molar-refractivity contribution in [3.05, 3.63) is 0 Å². The van der Waals surface area contributed by atoms with Crippen LogP contribution in [0.3, 0.4) is 0 Å². The Morgan fingerprint density at radius 2 is 2.50 bits per heavy atom. The molecule has 0 aliphatic carbocycles. The number of hydrogen-bond donors (Lipinski definition) is 0. The number of thioether (sulfide) groups is 1. The largest absolute Gasteiger partial charge is 0.372 e. The lowest BCUT2D eigenvalue weighted by molar-refractivity contribution is 0.00236. The van der Waals surface area contributed by atoms with E-state index in [9.17, 15) is 0 Å². The van der Waals surface area contributed by atoms with Gasteiger partial charge in [0.1, 0.15) is 0 Å². The fraction of sp³-hybridized carbons (Fsp3) is 1.00. The third-order valence-corrected chi connectivity index (χ3v) is 4.72. The van der Waals surface area contributed by atoms with Gasteiger partial charge in [-0.25, -0.2) is 0 Å². The average Bonchev–Trinajstić information content (AvgIpc) is 1.96. The first kappa shape index (κ1) is 9.13. The summed E-state index contributed by atoms with van der Waals surface area (Å²) in [4.78, 5) is 0. The van der Waals surface area contributed by atoms with Gasteiger partial charge in [-0.3, -0.25) is 0 Å². The van der Waals surface area contributed by atoms with Crippen LogP contribution in [-0.4, -0.2) is 27.6 Å². The predicted octanol–water partition coefficient (Wildman–Crippen LogP) is 2.33. The van der Waals surface area contributed by atoms with Gasteiger partial charge in [0.25, 0.3) is 0 Å². The van der Waals surface area contributed by atoms with E-state index in [2.05, 4.69) is 36.4 Å². The first-order chi connectivity index (χ1) is 4.66. The Hall–Kier alpha value is 1.04. The highest BCUT2D eigenvalue weighted by molar-refractivity contribution is 14.1. The van der Waals surface area contributed by atoms with Gasteiger partial charge in [0.15, 0.2) is 0 Å². The summed E-state index contributed by atoms with van der Waals surface area (Å²) in [5.74, 6) is 1.15. The van der Waals surface area contributed by atoms with Crippen molar-refractivity contribution in [2.24, 2.45) is 0 Å². The van der Waals surface area contributed by atoms with Crippen molar-refractivity contribution in [3.8, 4) is 0 Å². The van der Waals surface area contributed by atoms with Gasteiger partial charge in [0.2, 0.25) is 0 Å². The standard InChI is InChI=1S/C7H13IOS/c1-6-3-9-7(2,4-8)5-10-6/h6H,3-5H2,1-2H3/t6-,7?/m1/s1. The van der Waals surface area contributed by atoms with Crippen molar-refractivity contribution in [2.45, 2.75) is 24.7 Å². The molecule has 0 bridgehead atoms. The Kier molecular flexibility index (Phi) is 3.31. The Morgan fingerprint density at radius 1 is 1.80 bits per heavy atom. The van der Waals surface area contributed by atoms with Crippen molar-refractivity contribution in [1.29, 1.82) is 0 Å². The first-order valence-corrected chi connectivity index (χ1v) is 6.05. The summed E-state index contributed by atoms with van der Waals surface area (Å²) in [5, 5.41) is 0.691. The highest BCUT2D eigenvalue weighted by Crippen LogP contribution is 2.28. The van der Waals surface area contributed by atoms with Gasteiger partial charge >= 0.3 is 0 Å². The van der Waals surface area contributed by atoms with Gasteiger partial charge in [-0.1, -0.05) is 29.5 Å². The minimum absolute atomic E-state index is 0.151. The Labute approximate surface area is 80.4 Å². The zero-order valence-electron chi connectivity index (χ0n) is 6.39. The van der Waals surface area contributed by atoms with Gasteiger partial charge in [0.05, 0.1) is 12.2 Å². The number of alkyl halides is 1. The van der Waals surface area contributed by atoms with Gasteiger partial charge in [-0.15, -0.1) is 0 Å². The zero-order chi connectivity index (χ0) is 7.61.